The number of ketones is 8. The molecular formula is C67H62O10. The van der Waals surface area contributed by atoms with Crippen LogP contribution in [-0.2, 0) is 47.8 Å². The zero-order valence-corrected chi connectivity index (χ0v) is 45.1. The zero-order valence-electron chi connectivity index (χ0n) is 45.1. The Kier molecular flexibility index (Phi) is 21.2. The van der Waals surface area contributed by atoms with E-state index in [2.05, 4.69) is 0 Å². The second-order valence-electron chi connectivity index (χ2n) is 18.4. The number of Topliss-reactive ketones (excluding diaryl/α,β-unsaturated/α-hetero) is 2. The summed E-state index contributed by atoms with van der Waals surface area (Å²) in [5.74, 6) is 0.827. The largest absolute Gasteiger partial charge is 0.493 e. The summed E-state index contributed by atoms with van der Waals surface area (Å²) >= 11 is 0. The minimum absolute atomic E-state index is 0.0366. The van der Waals surface area contributed by atoms with Crippen LogP contribution >= 0.6 is 0 Å². The van der Waals surface area contributed by atoms with Gasteiger partial charge in [-0.25, -0.2) is 0 Å². The minimum atomic E-state index is -0.133. The van der Waals surface area contributed by atoms with Crippen LogP contribution in [-0.4, -0.2) is 60.5 Å². The summed E-state index contributed by atoms with van der Waals surface area (Å²) in [4.78, 5) is 91.5. The van der Waals surface area contributed by atoms with E-state index >= 15 is 0 Å². The van der Waals surface area contributed by atoms with Crippen molar-refractivity contribution in [1.29, 1.82) is 0 Å². The molecule has 0 aromatic rings. The molecule has 0 aliphatic heterocycles. The lowest BCUT2D eigenvalue weighted by molar-refractivity contribution is -0.115. The van der Waals surface area contributed by atoms with E-state index < -0.39 is 0 Å². The number of carbonyl (C=O) groups excluding carboxylic acids is 8. The van der Waals surface area contributed by atoms with Gasteiger partial charge in [0.25, 0.3) is 0 Å². The van der Waals surface area contributed by atoms with Crippen LogP contribution in [0, 0.1) is 0 Å². The zero-order chi connectivity index (χ0) is 56.3. The van der Waals surface area contributed by atoms with Gasteiger partial charge < -0.3 is 9.47 Å². The summed E-state index contributed by atoms with van der Waals surface area (Å²) in [7, 11) is 2.96. The van der Waals surface area contributed by atoms with Crippen molar-refractivity contribution in [2.75, 3.05) is 14.2 Å². The van der Waals surface area contributed by atoms with Gasteiger partial charge in [-0.1, -0.05) is 92.0 Å². The van der Waals surface area contributed by atoms with Crippen LogP contribution < -0.4 is 0 Å². The molecule has 390 valence electrons. The Morgan fingerprint density at radius 2 is 0.545 bits per heavy atom. The second-order valence-corrected chi connectivity index (χ2v) is 18.4. The quantitative estimate of drug-likeness (QED) is 0.241. The van der Waals surface area contributed by atoms with Crippen molar-refractivity contribution in [3.63, 3.8) is 0 Å². The number of hydrogen-bond donors (Lipinski definition) is 0. The topological polar surface area (TPSA) is 155 Å². The Morgan fingerprint density at radius 1 is 0.286 bits per heavy atom. The van der Waals surface area contributed by atoms with E-state index in [4.69, 9.17) is 9.47 Å². The highest BCUT2D eigenvalue weighted by Gasteiger charge is 2.18. The summed E-state index contributed by atoms with van der Waals surface area (Å²) in [5.41, 5.74) is 13.5. The molecule has 8 rings (SSSR count). The normalized spacial score (nSPS) is 22.5. The first-order valence-electron chi connectivity index (χ1n) is 24.8. The third-order valence-electron chi connectivity index (χ3n) is 12.3. The molecule has 0 radical (unpaired) electrons. The van der Waals surface area contributed by atoms with Crippen molar-refractivity contribution < 1.29 is 47.8 Å². The van der Waals surface area contributed by atoms with Crippen LogP contribution in [0.3, 0.4) is 0 Å². The van der Waals surface area contributed by atoms with Crippen LogP contribution in [0.2, 0.25) is 0 Å². The smallest absolute Gasteiger partial charge is 0.223 e. The van der Waals surface area contributed by atoms with Gasteiger partial charge in [0.1, 0.15) is 0 Å². The van der Waals surface area contributed by atoms with Crippen molar-refractivity contribution in [1.82, 2.24) is 0 Å². The number of methoxy groups -OCH3 is 2. The van der Waals surface area contributed by atoms with E-state index in [-0.39, 0.29) is 46.3 Å². The molecular weight excluding hydrogens is 965 g/mol. The Balaban J connectivity index is 0.000000190. The molecule has 0 saturated heterocycles. The molecule has 0 bridgehead atoms. The Morgan fingerprint density at radius 3 is 0.883 bits per heavy atom. The molecule has 0 atom stereocenters. The van der Waals surface area contributed by atoms with Gasteiger partial charge in [-0.2, -0.15) is 0 Å². The fraction of sp³-hybridized carbons (Fsp3) is 0.164. The van der Waals surface area contributed by atoms with E-state index in [1.807, 2.05) is 124 Å². The molecule has 8 aliphatic rings. The van der Waals surface area contributed by atoms with Crippen LogP contribution in [0.5, 0.6) is 0 Å². The van der Waals surface area contributed by atoms with Crippen molar-refractivity contribution >= 4 is 46.3 Å². The monoisotopic (exact) mass is 1030 g/mol. The fourth-order valence-electron chi connectivity index (χ4n) is 7.74. The maximum atomic E-state index is 11.8. The predicted molar refractivity (Wildman–Crippen MR) is 304 cm³/mol. The van der Waals surface area contributed by atoms with Crippen LogP contribution in [0.15, 0.2) is 283 Å². The first-order valence-corrected chi connectivity index (χ1v) is 24.8. The van der Waals surface area contributed by atoms with Gasteiger partial charge in [-0.3, -0.25) is 38.4 Å². The highest BCUT2D eigenvalue weighted by molar-refractivity contribution is 6.11. The second kappa shape index (κ2) is 27.9. The molecule has 8 aliphatic carbocycles. The third kappa shape index (κ3) is 17.4. The number of ether oxygens (including phenoxy) is 2. The van der Waals surface area contributed by atoms with Crippen LogP contribution in [0.4, 0.5) is 0 Å². The fourth-order valence-corrected chi connectivity index (χ4v) is 7.74. The molecule has 0 aromatic carbocycles. The van der Waals surface area contributed by atoms with E-state index in [0.29, 0.717) is 17.1 Å². The highest BCUT2D eigenvalue weighted by atomic mass is 16.5. The molecule has 0 aromatic heterocycles. The van der Waals surface area contributed by atoms with E-state index in [9.17, 15) is 38.4 Å². The standard InChI is InChI=1S/C18H18O3.C17H16O2.C16H14O3.C16H14O2/c1-11-7-14(8-12(2)17(11)19)5-6-15-9-13(3)18(20)16(10-15)21-4;1-3-15-11-14(7-9-17(15)19)5-4-13-6-8-16(18)12(2)10-13;1-11-9-12(5-7-14(11)17)3-4-13-6-8-15(18)16(10-13)19-2;1-11-9-13(5-7-15(11)17)3-4-14-6-8-16(18)12(2)10-14/h5-10H,1-4H3;4-11H,3H2,1-2H3;3-10H,1-2H3;3-10H,1-2H3/b15-6+;13-4+,14-5+;12-3+,13-4+;13-3+,14-4+. The molecule has 0 fully saturated rings. The highest BCUT2D eigenvalue weighted by Crippen LogP contribution is 2.24. The maximum absolute atomic E-state index is 11.8. The van der Waals surface area contributed by atoms with Gasteiger partial charge in [-0.15, -0.1) is 0 Å². The Labute approximate surface area is 451 Å². The van der Waals surface area contributed by atoms with Crippen LogP contribution in [0.25, 0.3) is 0 Å². The molecule has 0 N–H and O–H groups in total. The molecule has 0 saturated carbocycles. The van der Waals surface area contributed by atoms with E-state index in [1.54, 1.807) is 108 Å². The molecule has 10 heteroatoms. The van der Waals surface area contributed by atoms with Gasteiger partial charge in [0, 0.05) is 5.57 Å². The van der Waals surface area contributed by atoms with Gasteiger partial charge in [-0.05, 0) is 236 Å². The van der Waals surface area contributed by atoms with Crippen molar-refractivity contribution in [2.24, 2.45) is 0 Å². The summed E-state index contributed by atoms with van der Waals surface area (Å²) in [5, 5.41) is 0. The molecule has 0 spiro atoms. The summed E-state index contributed by atoms with van der Waals surface area (Å²) in [6.07, 6.45) is 54.4. The Bertz CT molecular complexity index is 3210. The van der Waals surface area contributed by atoms with Crippen molar-refractivity contribution in [3.8, 4) is 0 Å². The summed E-state index contributed by atoms with van der Waals surface area (Å²) in [6.45, 7) is 14.6. The number of allylic oxidation sites excluding steroid dienone is 46. The lowest BCUT2D eigenvalue weighted by Gasteiger charge is -2.12. The lowest BCUT2D eigenvalue weighted by Crippen LogP contribution is -2.10. The first kappa shape index (κ1) is 58.6. The number of carbonyl (C=O) groups is 8. The van der Waals surface area contributed by atoms with E-state index in [1.165, 1.54) is 20.3 Å². The number of hydrogen-bond acceptors (Lipinski definition) is 10. The van der Waals surface area contributed by atoms with Crippen LogP contribution in [0.1, 0.15) is 61.8 Å². The number of rotatable bonds is 7. The predicted octanol–water partition coefficient (Wildman–Crippen LogP) is 12.4. The third-order valence-corrected chi connectivity index (χ3v) is 12.3. The summed E-state index contributed by atoms with van der Waals surface area (Å²) < 4.78 is 10.1. The minimum Gasteiger partial charge on any atom is -0.493 e. The summed E-state index contributed by atoms with van der Waals surface area (Å²) in [6, 6.07) is 0. The maximum Gasteiger partial charge on any atom is 0.223 e. The van der Waals surface area contributed by atoms with Gasteiger partial charge in [0.15, 0.2) is 46.2 Å². The average Bonchev–Trinajstić information content (AvgIpc) is 3.41. The van der Waals surface area contributed by atoms with Gasteiger partial charge in [0.2, 0.25) is 11.6 Å². The van der Waals surface area contributed by atoms with Gasteiger partial charge in [0.05, 0.1) is 14.2 Å². The van der Waals surface area contributed by atoms with Crippen molar-refractivity contribution in [3.05, 3.63) is 283 Å². The molecule has 10 nitrogen and oxygen atoms in total. The molecule has 0 unspecified atom stereocenters. The molecule has 0 heterocycles. The average molecular weight is 1030 g/mol. The Hall–Kier alpha value is -9.28. The SMILES string of the molecule is CC1=C/C(=C/C=C2\C=CC(=O)C(C)=C2)C=CC1=O.CCC1=C/C(=C/C=C2\C=CC(=O)C(C)=C2)C=CC1=O.COC1=C/C(=C/C=C2C=C(C)C(=O)C(C)=C2)C=C(C)C1=O.COC1=C/C(=C/C=C2\C=CC(=O)C(C)=C2)C=CC1=O. The molecule has 0 amide bonds. The van der Waals surface area contributed by atoms with Crippen molar-refractivity contribution in [2.45, 2.75) is 61.8 Å². The first-order chi connectivity index (χ1) is 36.7. The van der Waals surface area contributed by atoms with E-state index in [0.717, 1.165) is 90.0 Å². The lowest BCUT2D eigenvalue weighted by atomic mass is 9.95. The molecule has 77 heavy (non-hydrogen) atoms. The van der Waals surface area contributed by atoms with Gasteiger partial charge >= 0.3 is 0 Å².